The Labute approximate surface area is 162 Å². The number of rotatable bonds is 4. The zero-order valence-corrected chi connectivity index (χ0v) is 14.9. The maximum absolute atomic E-state index is 13.3. The van der Waals surface area contributed by atoms with E-state index >= 15 is 0 Å². The van der Waals surface area contributed by atoms with Crippen LogP contribution in [0.3, 0.4) is 0 Å². The highest BCUT2D eigenvalue weighted by molar-refractivity contribution is 6.33. The number of alkyl halides is 2. The van der Waals surface area contributed by atoms with Gasteiger partial charge in [0.25, 0.3) is 0 Å². The molecule has 4 rings (SSSR count). The number of aromatic hydroxyl groups is 1. The number of benzene rings is 3. The molecular weight excluding hydrogens is 393 g/mol. The van der Waals surface area contributed by atoms with Gasteiger partial charge in [-0.3, -0.25) is 0 Å². The average Bonchev–Trinajstić information content (AvgIpc) is 3.07. The number of nitrogens with zero attached hydrogens (tertiary/aromatic N) is 2. The molecule has 0 amide bonds. The molecule has 0 spiro atoms. The van der Waals surface area contributed by atoms with Gasteiger partial charge in [-0.1, -0.05) is 17.7 Å². The molecule has 0 unspecified atom stereocenters. The van der Waals surface area contributed by atoms with Crippen LogP contribution in [0.2, 0.25) is 5.02 Å². The number of phenols is 1. The first-order valence-corrected chi connectivity index (χ1v) is 8.51. The summed E-state index contributed by atoms with van der Waals surface area (Å²) in [5.74, 6) is -1.19. The Balaban J connectivity index is 1.72. The van der Waals surface area contributed by atoms with E-state index in [1.165, 1.54) is 24.3 Å². The van der Waals surface area contributed by atoms with Gasteiger partial charge in [-0.25, -0.2) is 9.07 Å². The normalized spacial score (nSPS) is 11.3. The Bertz CT molecular complexity index is 1180. The molecule has 0 aliphatic carbocycles. The first-order chi connectivity index (χ1) is 13.4. The van der Waals surface area contributed by atoms with Crippen molar-refractivity contribution in [2.24, 2.45) is 0 Å². The topological polar surface area (TPSA) is 47.3 Å². The van der Waals surface area contributed by atoms with E-state index in [1.807, 2.05) is 6.07 Å². The van der Waals surface area contributed by atoms with Gasteiger partial charge in [0, 0.05) is 17.0 Å². The largest absolute Gasteiger partial charge is 0.505 e. The molecule has 142 valence electrons. The summed E-state index contributed by atoms with van der Waals surface area (Å²) in [4.78, 5) is 0. The second-order valence-electron chi connectivity index (χ2n) is 5.99. The van der Waals surface area contributed by atoms with Gasteiger partial charge in [0.2, 0.25) is 0 Å². The van der Waals surface area contributed by atoms with E-state index in [-0.39, 0.29) is 10.8 Å². The third-order valence-electron chi connectivity index (χ3n) is 4.22. The number of hydrogen-bond donors (Lipinski definition) is 1. The molecule has 0 saturated heterocycles. The third-order valence-corrected chi connectivity index (χ3v) is 4.53. The van der Waals surface area contributed by atoms with E-state index in [0.29, 0.717) is 11.3 Å². The van der Waals surface area contributed by atoms with Gasteiger partial charge in [0.15, 0.2) is 11.6 Å². The van der Waals surface area contributed by atoms with Gasteiger partial charge in [-0.2, -0.15) is 13.9 Å². The van der Waals surface area contributed by atoms with Crippen molar-refractivity contribution in [2.45, 2.75) is 6.61 Å². The van der Waals surface area contributed by atoms with Crippen LogP contribution in [0, 0.1) is 5.82 Å². The smallest absolute Gasteiger partial charge is 0.387 e. The van der Waals surface area contributed by atoms with Gasteiger partial charge >= 0.3 is 6.61 Å². The molecule has 8 heteroatoms. The Kier molecular flexibility index (Phi) is 4.60. The number of ether oxygens (including phenoxy) is 1. The molecule has 3 aromatic carbocycles. The minimum absolute atomic E-state index is 0.0197. The molecule has 0 atom stereocenters. The van der Waals surface area contributed by atoms with E-state index in [2.05, 4.69) is 9.84 Å². The molecule has 0 aliphatic rings. The van der Waals surface area contributed by atoms with Gasteiger partial charge in [0.1, 0.15) is 5.75 Å². The van der Waals surface area contributed by atoms with E-state index in [0.717, 1.165) is 22.5 Å². The Hall–Kier alpha value is -3.19. The summed E-state index contributed by atoms with van der Waals surface area (Å²) in [7, 11) is 0. The van der Waals surface area contributed by atoms with Crippen molar-refractivity contribution < 1.29 is 23.0 Å². The molecule has 1 heterocycles. The lowest BCUT2D eigenvalue weighted by atomic mass is 10.0. The van der Waals surface area contributed by atoms with Gasteiger partial charge in [-0.05, 0) is 48.0 Å². The van der Waals surface area contributed by atoms with Crippen LogP contribution in [0.15, 0.2) is 60.8 Å². The molecule has 4 aromatic rings. The summed E-state index contributed by atoms with van der Waals surface area (Å²) >= 11 is 6.22. The SMILES string of the molecule is Oc1cc(-n2ncc3cc(-c4ccc(OC(F)F)cc4Cl)ccc32)ccc1F. The number of fused-ring (bicyclic) bond motifs is 1. The summed E-state index contributed by atoms with van der Waals surface area (Å²) in [5, 5.41) is 14.9. The number of aromatic nitrogens is 2. The summed E-state index contributed by atoms with van der Waals surface area (Å²) in [6.45, 7) is -2.92. The molecule has 1 aromatic heterocycles. The van der Waals surface area contributed by atoms with Crippen molar-refractivity contribution in [1.82, 2.24) is 9.78 Å². The van der Waals surface area contributed by atoms with Crippen LogP contribution >= 0.6 is 11.6 Å². The van der Waals surface area contributed by atoms with E-state index < -0.39 is 18.2 Å². The predicted octanol–water partition coefficient (Wildman–Crippen LogP) is 5.79. The molecular formula is C20H12ClF3N2O2. The van der Waals surface area contributed by atoms with Gasteiger partial charge < -0.3 is 9.84 Å². The van der Waals surface area contributed by atoms with Crippen LogP contribution in [-0.2, 0) is 0 Å². The van der Waals surface area contributed by atoms with Crippen molar-refractivity contribution in [3.05, 3.63) is 71.6 Å². The average molecular weight is 405 g/mol. The monoisotopic (exact) mass is 404 g/mol. The summed E-state index contributed by atoms with van der Waals surface area (Å²) < 4.78 is 43.9. The van der Waals surface area contributed by atoms with Crippen LogP contribution in [0.25, 0.3) is 27.7 Å². The van der Waals surface area contributed by atoms with Crippen molar-refractivity contribution in [1.29, 1.82) is 0 Å². The van der Waals surface area contributed by atoms with Crippen LogP contribution in [0.5, 0.6) is 11.5 Å². The highest BCUT2D eigenvalue weighted by atomic mass is 35.5. The molecule has 0 fully saturated rings. The van der Waals surface area contributed by atoms with E-state index in [9.17, 15) is 18.3 Å². The van der Waals surface area contributed by atoms with Crippen LogP contribution in [0.4, 0.5) is 13.2 Å². The molecule has 4 nitrogen and oxygen atoms in total. The highest BCUT2D eigenvalue weighted by Crippen LogP contribution is 2.34. The quantitative estimate of drug-likeness (QED) is 0.468. The van der Waals surface area contributed by atoms with Crippen molar-refractivity contribution in [3.8, 4) is 28.3 Å². The fraction of sp³-hybridized carbons (Fsp3) is 0.0500. The minimum Gasteiger partial charge on any atom is -0.505 e. The summed E-state index contributed by atoms with van der Waals surface area (Å²) in [5.41, 5.74) is 2.66. The molecule has 0 bridgehead atoms. The summed E-state index contributed by atoms with van der Waals surface area (Å²) in [6.07, 6.45) is 1.63. The molecule has 0 aliphatic heterocycles. The lowest BCUT2D eigenvalue weighted by molar-refractivity contribution is -0.0498. The minimum atomic E-state index is -2.92. The van der Waals surface area contributed by atoms with Gasteiger partial charge in [-0.15, -0.1) is 0 Å². The zero-order chi connectivity index (χ0) is 19.8. The summed E-state index contributed by atoms with van der Waals surface area (Å²) in [6, 6.07) is 13.8. The van der Waals surface area contributed by atoms with Crippen LogP contribution in [0.1, 0.15) is 0 Å². The van der Waals surface area contributed by atoms with Crippen LogP contribution < -0.4 is 4.74 Å². The number of phenolic OH excluding ortho intramolecular Hbond substituents is 1. The Morgan fingerprint density at radius 2 is 1.86 bits per heavy atom. The van der Waals surface area contributed by atoms with Gasteiger partial charge in [0.05, 0.1) is 22.4 Å². The van der Waals surface area contributed by atoms with Crippen molar-refractivity contribution in [2.75, 3.05) is 0 Å². The van der Waals surface area contributed by atoms with Crippen molar-refractivity contribution >= 4 is 22.5 Å². The maximum atomic E-state index is 13.3. The standard InChI is InChI=1S/C20H12ClF3N2O2/c21-16-9-14(28-20(23)24)3-4-15(16)11-1-6-18-12(7-11)10-25-26(18)13-2-5-17(22)19(27)8-13/h1-10,20,27H. The van der Waals surface area contributed by atoms with E-state index in [1.54, 1.807) is 29.1 Å². The fourth-order valence-corrected chi connectivity index (χ4v) is 3.22. The third kappa shape index (κ3) is 3.36. The Morgan fingerprint density at radius 1 is 1.04 bits per heavy atom. The lowest BCUT2D eigenvalue weighted by Crippen LogP contribution is -2.01. The molecule has 0 saturated carbocycles. The van der Waals surface area contributed by atoms with Crippen molar-refractivity contribution in [3.63, 3.8) is 0 Å². The molecule has 1 N–H and O–H groups in total. The second kappa shape index (κ2) is 7.09. The molecule has 28 heavy (non-hydrogen) atoms. The second-order valence-corrected chi connectivity index (χ2v) is 6.39. The molecule has 0 radical (unpaired) electrons. The first kappa shape index (κ1) is 18.2. The Morgan fingerprint density at radius 3 is 2.57 bits per heavy atom. The first-order valence-electron chi connectivity index (χ1n) is 8.14. The fourth-order valence-electron chi connectivity index (χ4n) is 2.95. The number of hydrogen-bond acceptors (Lipinski definition) is 3. The number of halogens is 4. The zero-order valence-electron chi connectivity index (χ0n) is 14.1. The highest BCUT2D eigenvalue weighted by Gasteiger charge is 2.12. The maximum Gasteiger partial charge on any atom is 0.387 e. The predicted molar refractivity (Wildman–Crippen MR) is 99.8 cm³/mol. The lowest BCUT2D eigenvalue weighted by Gasteiger charge is -2.09. The van der Waals surface area contributed by atoms with Crippen LogP contribution in [-0.4, -0.2) is 21.5 Å². The van der Waals surface area contributed by atoms with E-state index in [4.69, 9.17) is 11.6 Å².